The van der Waals surface area contributed by atoms with E-state index in [0.29, 0.717) is 0 Å². The van der Waals surface area contributed by atoms with Crippen molar-refractivity contribution in [3.63, 3.8) is 0 Å². The highest BCUT2D eigenvalue weighted by Crippen LogP contribution is 2.16. The van der Waals surface area contributed by atoms with Gasteiger partial charge in [-0.15, -0.1) is 0 Å². The predicted molar refractivity (Wildman–Crippen MR) is 89.0 cm³/mol. The molecule has 3 nitrogen and oxygen atoms in total. The zero-order chi connectivity index (χ0) is 15.1. The van der Waals surface area contributed by atoms with Crippen molar-refractivity contribution in [1.29, 1.82) is 0 Å². The molecule has 1 aliphatic rings. The fourth-order valence-electron chi connectivity index (χ4n) is 2.95. The van der Waals surface area contributed by atoms with E-state index in [1.807, 2.05) is 6.07 Å². The molecule has 1 aromatic rings. The molecule has 1 fully saturated rings. The minimum atomic E-state index is 0.244. The van der Waals surface area contributed by atoms with Crippen molar-refractivity contribution in [2.24, 2.45) is 0 Å². The lowest BCUT2D eigenvalue weighted by molar-refractivity contribution is 0.218. The second kappa shape index (κ2) is 7.81. The van der Waals surface area contributed by atoms with Crippen LogP contribution in [0.5, 0.6) is 5.75 Å². The second-order valence-corrected chi connectivity index (χ2v) is 6.76. The number of benzene rings is 1. The lowest BCUT2D eigenvalue weighted by Gasteiger charge is -2.30. The van der Waals surface area contributed by atoms with Gasteiger partial charge >= 0.3 is 0 Å². The molecule has 0 radical (unpaired) electrons. The third-order valence-corrected chi connectivity index (χ3v) is 4.09. The molecular weight excluding hydrogens is 260 g/mol. The first-order valence-electron chi connectivity index (χ1n) is 8.23. The van der Waals surface area contributed by atoms with Gasteiger partial charge in [-0.2, -0.15) is 0 Å². The van der Waals surface area contributed by atoms with Crippen LogP contribution in [0, 0.1) is 6.92 Å². The monoisotopic (exact) mass is 290 g/mol. The second-order valence-electron chi connectivity index (χ2n) is 6.76. The summed E-state index contributed by atoms with van der Waals surface area (Å²) >= 11 is 0. The van der Waals surface area contributed by atoms with E-state index in [-0.39, 0.29) is 5.54 Å². The van der Waals surface area contributed by atoms with E-state index >= 15 is 0 Å². The van der Waals surface area contributed by atoms with Crippen molar-refractivity contribution in [3.8, 4) is 5.75 Å². The van der Waals surface area contributed by atoms with E-state index in [0.717, 1.165) is 31.9 Å². The lowest BCUT2D eigenvalue weighted by atomic mass is 10.1. The lowest BCUT2D eigenvalue weighted by Crippen LogP contribution is -2.46. The highest BCUT2D eigenvalue weighted by atomic mass is 16.5. The Hall–Kier alpha value is -1.06. The van der Waals surface area contributed by atoms with E-state index in [9.17, 15) is 0 Å². The molecule has 1 saturated heterocycles. The summed E-state index contributed by atoms with van der Waals surface area (Å²) in [5.41, 5.74) is 1.46. The summed E-state index contributed by atoms with van der Waals surface area (Å²) in [6.07, 6.45) is 3.59. The van der Waals surface area contributed by atoms with E-state index < -0.39 is 0 Å². The number of nitrogens with one attached hydrogen (secondary N) is 1. The van der Waals surface area contributed by atoms with Crippen LogP contribution in [-0.2, 0) is 0 Å². The maximum atomic E-state index is 5.86. The van der Waals surface area contributed by atoms with Crippen LogP contribution < -0.4 is 10.1 Å². The molecule has 0 aromatic heterocycles. The molecule has 21 heavy (non-hydrogen) atoms. The largest absolute Gasteiger partial charge is 0.493 e. The maximum absolute atomic E-state index is 5.86. The molecule has 1 N–H and O–H groups in total. The van der Waals surface area contributed by atoms with Crippen molar-refractivity contribution >= 4 is 0 Å². The fraction of sp³-hybridized carbons (Fsp3) is 0.667. The molecule has 118 valence electrons. The van der Waals surface area contributed by atoms with Gasteiger partial charge in [0.15, 0.2) is 0 Å². The summed E-state index contributed by atoms with van der Waals surface area (Å²) in [5.74, 6) is 1.03. The first-order chi connectivity index (χ1) is 10.1. The van der Waals surface area contributed by atoms with Gasteiger partial charge in [0.2, 0.25) is 0 Å². The van der Waals surface area contributed by atoms with Crippen LogP contribution in [0.15, 0.2) is 24.3 Å². The summed E-state index contributed by atoms with van der Waals surface area (Å²) < 4.78 is 5.86. The number of ether oxygens (including phenoxy) is 1. The van der Waals surface area contributed by atoms with Crippen LogP contribution in [0.3, 0.4) is 0 Å². The number of aryl methyl sites for hydroxylation is 1. The molecule has 0 amide bonds. The molecule has 1 aromatic carbocycles. The molecule has 0 saturated carbocycles. The molecule has 2 rings (SSSR count). The zero-order valence-corrected chi connectivity index (χ0v) is 13.8. The highest BCUT2D eigenvalue weighted by molar-refractivity contribution is 5.31. The normalized spacial score (nSPS) is 19.2. The van der Waals surface area contributed by atoms with Gasteiger partial charge in [-0.25, -0.2) is 0 Å². The summed E-state index contributed by atoms with van der Waals surface area (Å²) in [6.45, 7) is 12.2. The van der Waals surface area contributed by atoms with Gasteiger partial charge in [0, 0.05) is 12.1 Å². The number of hydrogen-bond acceptors (Lipinski definition) is 3. The summed E-state index contributed by atoms with van der Waals surface area (Å²) in [6, 6.07) is 8.24. The van der Waals surface area contributed by atoms with Crippen LogP contribution in [0.4, 0.5) is 0 Å². The first kappa shape index (κ1) is 16.3. The number of rotatable bonds is 6. The Balaban J connectivity index is 1.64. The number of unbranched alkanes of at least 4 members (excludes halogenated alkanes) is 1. The summed E-state index contributed by atoms with van der Waals surface area (Å²) in [5, 5.41) is 3.61. The van der Waals surface area contributed by atoms with E-state index in [4.69, 9.17) is 4.74 Å². The fourth-order valence-corrected chi connectivity index (χ4v) is 2.95. The average Bonchev–Trinajstić information content (AvgIpc) is 2.61. The number of hydrogen-bond donors (Lipinski definition) is 1. The van der Waals surface area contributed by atoms with Gasteiger partial charge in [-0.05, 0) is 71.3 Å². The van der Waals surface area contributed by atoms with Gasteiger partial charge in [-0.3, -0.25) is 0 Å². The Bertz CT molecular complexity index is 431. The molecule has 3 heteroatoms. The molecule has 0 bridgehead atoms. The standard InChI is InChI=1S/C18H30N2O/c1-16-9-4-5-10-17(16)21-14-7-6-12-20-13-8-11-19-18(2,3)15-20/h4-5,9-10,19H,6-8,11-15H2,1-3H3. The van der Waals surface area contributed by atoms with E-state index in [1.165, 1.54) is 31.5 Å². The minimum absolute atomic E-state index is 0.244. The van der Waals surface area contributed by atoms with Crippen molar-refractivity contribution in [2.45, 2.75) is 45.6 Å². The first-order valence-corrected chi connectivity index (χ1v) is 8.23. The Morgan fingerprint density at radius 3 is 2.86 bits per heavy atom. The highest BCUT2D eigenvalue weighted by Gasteiger charge is 2.23. The minimum Gasteiger partial charge on any atom is -0.493 e. The van der Waals surface area contributed by atoms with E-state index in [1.54, 1.807) is 0 Å². The van der Waals surface area contributed by atoms with Crippen LogP contribution >= 0.6 is 0 Å². The zero-order valence-electron chi connectivity index (χ0n) is 13.8. The van der Waals surface area contributed by atoms with Crippen LogP contribution in [0.1, 0.15) is 38.7 Å². The third-order valence-electron chi connectivity index (χ3n) is 4.09. The smallest absolute Gasteiger partial charge is 0.122 e. The molecule has 0 aliphatic carbocycles. The number of para-hydroxylation sites is 1. The van der Waals surface area contributed by atoms with Gasteiger partial charge in [-0.1, -0.05) is 18.2 Å². The molecular formula is C18H30N2O. The van der Waals surface area contributed by atoms with Crippen molar-refractivity contribution in [1.82, 2.24) is 10.2 Å². The van der Waals surface area contributed by atoms with Gasteiger partial charge in [0.25, 0.3) is 0 Å². The Labute approximate surface area is 129 Å². The van der Waals surface area contributed by atoms with Crippen LogP contribution in [0.2, 0.25) is 0 Å². The Kier molecular flexibility index (Phi) is 6.07. The van der Waals surface area contributed by atoms with E-state index in [2.05, 4.69) is 49.2 Å². The Morgan fingerprint density at radius 1 is 1.24 bits per heavy atom. The molecule has 0 atom stereocenters. The third kappa shape index (κ3) is 5.68. The molecule has 1 heterocycles. The average molecular weight is 290 g/mol. The van der Waals surface area contributed by atoms with Crippen molar-refractivity contribution in [3.05, 3.63) is 29.8 Å². The van der Waals surface area contributed by atoms with Gasteiger partial charge < -0.3 is 15.0 Å². The van der Waals surface area contributed by atoms with Crippen molar-refractivity contribution < 1.29 is 4.74 Å². The summed E-state index contributed by atoms with van der Waals surface area (Å²) in [4.78, 5) is 2.59. The number of nitrogens with zero attached hydrogens (tertiary/aromatic N) is 1. The van der Waals surface area contributed by atoms with Gasteiger partial charge in [0.1, 0.15) is 5.75 Å². The van der Waals surface area contributed by atoms with Crippen LogP contribution in [-0.4, -0.2) is 43.2 Å². The molecule has 1 aliphatic heterocycles. The topological polar surface area (TPSA) is 24.5 Å². The van der Waals surface area contributed by atoms with Crippen LogP contribution in [0.25, 0.3) is 0 Å². The predicted octanol–water partition coefficient (Wildman–Crippen LogP) is 3.23. The molecule has 0 spiro atoms. The quantitative estimate of drug-likeness (QED) is 0.814. The van der Waals surface area contributed by atoms with Gasteiger partial charge in [0.05, 0.1) is 6.61 Å². The van der Waals surface area contributed by atoms with Crippen molar-refractivity contribution in [2.75, 3.05) is 32.8 Å². The molecule has 0 unspecified atom stereocenters. The Morgan fingerprint density at radius 2 is 2.05 bits per heavy atom. The summed E-state index contributed by atoms with van der Waals surface area (Å²) in [7, 11) is 0. The maximum Gasteiger partial charge on any atom is 0.122 e. The SMILES string of the molecule is Cc1ccccc1OCCCCN1CCCNC(C)(C)C1.